The first kappa shape index (κ1) is 26.0. The number of sulfonamides is 1. The van der Waals surface area contributed by atoms with Crippen LogP contribution < -0.4 is 10.0 Å². The van der Waals surface area contributed by atoms with E-state index in [0.29, 0.717) is 22.8 Å². The topological polar surface area (TPSA) is 102 Å². The molecule has 1 aliphatic heterocycles. The van der Waals surface area contributed by atoms with Gasteiger partial charge in [-0.2, -0.15) is 0 Å². The van der Waals surface area contributed by atoms with Crippen LogP contribution in [-0.4, -0.2) is 74.8 Å². The highest BCUT2D eigenvalue weighted by Crippen LogP contribution is 2.28. The quantitative estimate of drug-likeness (QED) is 0.302. The molecule has 3 aromatic rings. The molecular formula is C26H29ClN4O4S. The van der Waals surface area contributed by atoms with E-state index in [9.17, 15) is 18.3 Å². The van der Waals surface area contributed by atoms with E-state index in [4.69, 9.17) is 11.6 Å². The van der Waals surface area contributed by atoms with Crippen LogP contribution in [0.4, 0.5) is 11.4 Å². The molecule has 8 nitrogen and oxygen atoms in total. The minimum Gasteiger partial charge on any atom is -0.506 e. The van der Waals surface area contributed by atoms with Gasteiger partial charge in [-0.05, 0) is 60.6 Å². The fraction of sp³-hybridized carbons (Fsp3) is 0.269. The lowest BCUT2D eigenvalue weighted by Crippen LogP contribution is -2.46. The Labute approximate surface area is 216 Å². The molecule has 3 N–H and O–H groups in total. The molecule has 10 heteroatoms. The zero-order valence-corrected chi connectivity index (χ0v) is 21.5. The van der Waals surface area contributed by atoms with Gasteiger partial charge in [0.15, 0.2) is 0 Å². The van der Waals surface area contributed by atoms with Crippen molar-refractivity contribution in [1.82, 2.24) is 9.80 Å². The number of amides is 1. The summed E-state index contributed by atoms with van der Waals surface area (Å²) in [5.74, 6) is -0.664. The van der Waals surface area contributed by atoms with Gasteiger partial charge in [0.1, 0.15) is 5.75 Å². The summed E-state index contributed by atoms with van der Waals surface area (Å²) in [7, 11) is -1.65. The molecular weight excluding hydrogens is 500 g/mol. The number of halogens is 1. The SMILES string of the molecule is CN1CCN(CCS(=O)(=O)Nc2cc(NC(=O)c3ccc(-c4ccc(Cl)cc4)cc3)ccc2O)CC1. The van der Waals surface area contributed by atoms with Crippen LogP contribution in [0.1, 0.15) is 10.4 Å². The molecule has 1 aliphatic rings. The standard InChI is InChI=1S/C26H29ClN4O4S/c1-30-12-14-31(15-13-30)16-17-36(34,35)29-24-18-23(10-11-25(24)32)28-26(33)21-4-2-19(3-5-21)20-6-8-22(27)9-7-20/h2-11,18,29,32H,12-17H2,1H3,(H,28,33). The van der Waals surface area contributed by atoms with Gasteiger partial charge in [0.25, 0.3) is 5.91 Å². The zero-order chi connectivity index (χ0) is 25.7. The molecule has 36 heavy (non-hydrogen) atoms. The van der Waals surface area contributed by atoms with Gasteiger partial charge in [-0.3, -0.25) is 14.4 Å². The third-order valence-electron chi connectivity index (χ3n) is 6.12. The lowest BCUT2D eigenvalue weighted by molar-refractivity contribution is 0.102. The van der Waals surface area contributed by atoms with Crippen molar-refractivity contribution in [3.8, 4) is 16.9 Å². The van der Waals surface area contributed by atoms with Crippen LogP contribution in [0.2, 0.25) is 5.02 Å². The molecule has 0 aromatic heterocycles. The number of nitrogens with zero attached hydrogens (tertiary/aromatic N) is 2. The number of phenolic OH excluding ortho intramolecular Hbond substituents is 1. The number of phenols is 1. The number of hydrogen-bond acceptors (Lipinski definition) is 6. The van der Waals surface area contributed by atoms with Crippen molar-refractivity contribution in [3.05, 3.63) is 77.3 Å². The number of aromatic hydroxyl groups is 1. The lowest BCUT2D eigenvalue weighted by Gasteiger charge is -2.32. The number of likely N-dealkylation sites (N-methyl/N-ethyl adjacent to an activating group) is 1. The third kappa shape index (κ3) is 6.98. The Morgan fingerprint density at radius 3 is 2.19 bits per heavy atom. The Hall–Kier alpha value is -3.11. The molecule has 3 aromatic carbocycles. The number of anilines is 2. The van der Waals surface area contributed by atoms with Crippen molar-refractivity contribution in [3.63, 3.8) is 0 Å². The van der Waals surface area contributed by atoms with E-state index in [1.54, 1.807) is 24.3 Å². The maximum Gasteiger partial charge on any atom is 0.255 e. The predicted octanol–water partition coefficient (Wildman–Crippen LogP) is 3.95. The van der Waals surface area contributed by atoms with Crippen molar-refractivity contribution >= 4 is 38.9 Å². The lowest BCUT2D eigenvalue weighted by atomic mass is 10.0. The molecule has 0 bridgehead atoms. The molecule has 1 amide bonds. The minimum atomic E-state index is -3.69. The van der Waals surface area contributed by atoms with Gasteiger partial charge in [0, 0.05) is 49.0 Å². The molecule has 190 valence electrons. The van der Waals surface area contributed by atoms with E-state index < -0.39 is 10.0 Å². The van der Waals surface area contributed by atoms with E-state index in [0.717, 1.165) is 37.3 Å². The maximum absolute atomic E-state index is 12.7. The maximum atomic E-state index is 12.7. The Morgan fingerprint density at radius 2 is 1.56 bits per heavy atom. The first-order valence-corrected chi connectivity index (χ1v) is 13.6. The number of carbonyl (C=O) groups is 1. The summed E-state index contributed by atoms with van der Waals surface area (Å²) in [4.78, 5) is 17.1. The van der Waals surface area contributed by atoms with E-state index in [1.165, 1.54) is 18.2 Å². The van der Waals surface area contributed by atoms with E-state index >= 15 is 0 Å². The van der Waals surface area contributed by atoms with Crippen LogP contribution in [0, 0.1) is 0 Å². The third-order valence-corrected chi connectivity index (χ3v) is 7.62. The van der Waals surface area contributed by atoms with Crippen molar-refractivity contribution in [2.75, 3.05) is 55.6 Å². The summed E-state index contributed by atoms with van der Waals surface area (Å²) in [6.45, 7) is 3.85. The van der Waals surface area contributed by atoms with Crippen molar-refractivity contribution in [2.24, 2.45) is 0 Å². The highest BCUT2D eigenvalue weighted by molar-refractivity contribution is 7.92. The fourth-order valence-corrected chi connectivity index (χ4v) is 5.12. The second-order valence-electron chi connectivity index (χ2n) is 8.84. The molecule has 1 saturated heterocycles. The summed E-state index contributed by atoms with van der Waals surface area (Å²) in [6.07, 6.45) is 0. The van der Waals surface area contributed by atoms with Crippen molar-refractivity contribution in [1.29, 1.82) is 0 Å². The van der Waals surface area contributed by atoms with Crippen LogP contribution >= 0.6 is 11.6 Å². The van der Waals surface area contributed by atoms with Gasteiger partial charge >= 0.3 is 0 Å². The van der Waals surface area contributed by atoms with Crippen LogP contribution in [0.5, 0.6) is 5.75 Å². The number of benzene rings is 3. The van der Waals surface area contributed by atoms with Gasteiger partial charge in [-0.15, -0.1) is 0 Å². The molecule has 0 saturated carbocycles. The van der Waals surface area contributed by atoms with E-state index in [1.807, 2.05) is 31.3 Å². The average molecular weight is 529 g/mol. The Kier molecular flexibility index (Phi) is 8.15. The van der Waals surface area contributed by atoms with Gasteiger partial charge < -0.3 is 15.3 Å². The highest BCUT2D eigenvalue weighted by atomic mass is 35.5. The molecule has 0 unspecified atom stereocenters. The van der Waals surface area contributed by atoms with Crippen LogP contribution in [0.25, 0.3) is 11.1 Å². The number of hydrogen-bond donors (Lipinski definition) is 3. The number of rotatable bonds is 8. The Balaban J connectivity index is 1.38. The highest BCUT2D eigenvalue weighted by Gasteiger charge is 2.19. The molecule has 4 rings (SSSR count). The Bertz CT molecular complexity index is 1310. The number of piperazine rings is 1. The summed E-state index contributed by atoms with van der Waals surface area (Å²) >= 11 is 5.94. The minimum absolute atomic E-state index is 0.0178. The summed E-state index contributed by atoms with van der Waals surface area (Å²) in [5, 5.41) is 13.6. The predicted molar refractivity (Wildman–Crippen MR) is 144 cm³/mol. The Morgan fingerprint density at radius 1 is 0.944 bits per heavy atom. The van der Waals surface area contributed by atoms with Crippen LogP contribution in [0.15, 0.2) is 66.7 Å². The van der Waals surface area contributed by atoms with E-state index in [-0.39, 0.29) is 23.1 Å². The summed E-state index contributed by atoms with van der Waals surface area (Å²) in [6, 6.07) is 18.8. The first-order chi connectivity index (χ1) is 17.2. The molecule has 0 atom stereocenters. The average Bonchev–Trinajstić information content (AvgIpc) is 2.86. The number of nitrogens with one attached hydrogen (secondary N) is 2. The van der Waals surface area contributed by atoms with E-state index in [2.05, 4.69) is 19.8 Å². The first-order valence-electron chi connectivity index (χ1n) is 11.6. The normalized spacial score (nSPS) is 14.9. The van der Waals surface area contributed by atoms with Crippen molar-refractivity contribution in [2.45, 2.75) is 0 Å². The fourth-order valence-electron chi connectivity index (χ4n) is 3.89. The monoisotopic (exact) mass is 528 g/mol. The zero-order valence-electron chi connectivity index (χ0n) is 19.9. The van der Waals surface area contributed by atoms with Gasteiger partial charge in [0.2, 0.25) is 10.0 Å². The van der Waals surface area contributed by atoms with Crippen LogP contribution in [-0.2, 0) is 10.0 Å². The van der Waals surface area contributed by atoms with Crippen molar-refractivity contribution < 1.29 is 18.3 Å². The summed E-state index contributed by atoms with van der Waals surface area (Å²) in [5.41, 5.74) is 2.74. The molecule has 1 fully saturated rings. The smallest absolute Gasteiger partial charge is 0.255 e. The number of carbonyl (C=O) groups excluding carboxylic acids is 1. The van der Waals surface area contributed by atoms with Gasteiger partial charge in [-0.1, -0.05) is 35.9 Å². The molecule has 0 aliphatic carbocycles. The van der Waals surface area contributed by atoms with Crippen LogP contribution in [0.3, 0.4) is 0 Å². The molecule has 0 radical (unpaired) electrons. The largest absolute Gasteiger partial charge is 0.506 e. The molecule has 0 spiro atoms. The summed E-state index contributed by atoms with van der Waals surface area (Å²) < 4.78 is 27.7. The second kappa shape index (κ2) is 11.3. The second-order valence-corrected chi connectivity index (χ2v) is 11.1. The van der Waals surface area contributed by atoms with Gasteiger partial charge in [0.05, 0.1) is 11.4 Å². The van der Waals surface area contributed by atoms with Gasteiger partial charge in [-0.25, -0.2) is 8.42 Å². The molecule has 1 heterocycles.